The molecule has 1 aliphatic rings. The summed E-state index contributed by atoms with van der Waals surface area (Å²) >= 11 is 1.63. The smallest absolute Gasteiger partial charge is 0.238 e. The number of hydrogen-bond acceptors (Lipinski definition) is 5. The van der Waals surface area contributed by atoms with Crippen LogP contribution in [-0.2, 0) is 11.3 Å². The maximum atomic E-state index is 13.1. The van der Waals surface area contributed by atoms with Crippen molar-refractivity contribution in [3.8, 4) is 11.3 Å². The Balaban J connectivity index is 1.26. The van der Waals surface area contributed by atoms with Gasteiger partial charge in [-0.3, -0.25) is 14.6 Å². The van der Waals surface area contributed by atoms with Gasteiger partial charge in [-0.1, -0.05) is 17.7 Å². The summed E-state index contributed by atoms with van der Waals surface area (Å²) in [5, 5.41) is 6.18. The molecule has 1 aromatic heterocycles. The molecule has 0 spiro atoms. The monoisotopic (exact) mass is 452 g/mol. The molecule has 168 valence electrons. The molecule has 0 saturated carbocycles. The van der Waals surface area contributed by atoms with Crippen LogP contribution < -0.4 is 5.32 Å². The van der Waals surface area contributed by atoms with E-state index in [0.29, 0.717) is 6.54 Å². The van der Waals surface area contributed by atoms with Crippen LogP contribution in [0.25, 0.3) is 11.3 Å². The third-order valence-corrected chi connectivity index (χ3v) is 6.66. The number of aromatic nitrogens is 1. The predicted molar refractivity (Wildman–Crippen MR) is 129 cm³/mol. The van der Waals surface area contributed by atoms with E-state index in [1.165, 1.54) is 17.7 Å². The molecule has 0 aliphatic carbocycles. The van der Waals surface area contributed by atoms with E-state index in [9.17, 15) is 9.18 Å². The van der Waals surface area contributed by atoms with Crippen LogP contribution in [0.2, 0.25) is 0 Å². The van der Waals surface area contributed by atoms with E-state index in [0.717, 1.165) is 65.8 Å². The number of carbonyl (C=O) groups excluding carboxylic acids is 1. The van der Waals surface area contributed by atoms with E-state index in [4.69, 9.17) is 4.98 Å². The normalized spacial score (nSPS) is 15.1. The Morgan fingerprint density at radius 1 is 1.03 bits per heavy atom. The predicted octanol–water partition coefficient (Wildman–Crippen LogP) is 4.63. The number of carbonyl (C=O) groups is 1. The quantitative estimate of drug-likeness (QED) is 0.592. The Hall–Kier alpha value is -2.61. The molecule has 0 unspecified atom stereocenters. The number of aryl methyl sites for hydroxylation is 3. The van der Waals surface area contributed by atoms with E-state index in [1.54, 1.807) is 23.5 Å². The fourth-order valence-corrected chi connectivity index (χ4v) is 5.04. The van der Waals surface area contributed by atoms with Crippen LogP contribution in [0.15, 0.2) is 41.8 Å². The molecule has 1 amide bonds. The molecule has 0 radical (unpaired) electrons. The number of hydrogen-bond donors (Lipinski definition) is 1. The first-order valence-corrected chi connectivity index (χ1v) is 11.8. The molecule has 32 heavy (non-hydrogen) atoms. The minimum Gasteiger partial charge on any atom is -0.324 e. The number of anilines is 1. The lowest BCUT2D eigenvalue weighted by atomic mass is 10.1. The summed E-state index contributed by atoms with van der Waals surface area (Å²) in [5.41, 5.74) is 6.16. The average Bonchev–Trinajstić information content (AvgIpc) is 3.21. The van der Waals surface area contributed by atoms with Crippen molar-refractivity contribution >= 4 is 22.9 Å². The summed E-state index contributed by atoms with van der Waals surface area (Å²) in [4.78, 5) is 21.9. The molecule has 5 nitrogen and oxygen atoms in total. The Bertz CT molecular complexity index is 1060. The van der Waals surface area contributed by atoms with E-state index in [1.807, 2.05) is 19.2 Å². The maximum Gasteiger partial charge on any atom is 0.238 e. The maximum absolute atomic E-state index is 13.1. The molecule has 0 bridgehead atoms. The van der Waals surface area contributed by atoms with E-state index in [-0.39, 0.29) is 11.7 Å². The van der Waals surface area contributed by atoms with Crippen molar-refractivity contribution in [2.75, 3.05) is 38.0 Å². The van der Waals surface area contributed by atoms with Crippen molar-refractivity contribution in [3.05, 3.63) is 69.3 Å². The molecule has 3 aromatic rings. The number of piperazine rings is 1. The summed E-state index contributed by atoms with van der Waals surface area (Å²) < 4.78 is 13.1. The summed E-state index contributed by atoms with van der Waals surface area (Å²) in [6.07, 6.45) is 0. The van der Waals surface area contributed by atoms with Crippen LogP contribution in [-0.4, -0.2) is 53.4 Å². The molecule has 1 N–H and O–H groups in total. The second-order valence-electron chi connectivity index (χ2n) is 8.51. The van der Waals surface area contributed by atoms with E-state index >= 15 is 0 Å². The molecule has 2 heterocycles. The average molecular weight is 453 g/mol. The van der Waals surface area contributed by atoms with Gasteiger partial charge in [0.05, 0.1) is 18.8 Å². The largest absolute Gasteiger partial charge is 0.324 e. The summed E-state index contributed by atoms with van der Waals surface area (Å²) in [5.74, 6) is -0.197. The first-order chi connectivity index (χ1) is 15.4. The van der Waals surface area contributed by atoms with Gasteiger partial charge in [0, 0.05) is 42.8 Å². The highest BCUT2D eigenvalue weighted by Gasteiger charge is 2.20. The number of halogens is 1. The van der Waals surface area contributed by atoms with Gasteiger partial charge in [0.2, 0.25) is 5.91 Å². The van der Waals surface area contributed by atoms with Crippen molar-refractivity contribution in [2.45, 2.75) is 27.3 Å². The first-order valence-electron chi connectivity index (χ1n) is 10.9. The molecule has 0 atom stereocenters. The number of nitrogens with zero attached hydrogens (tertiary/aromatic N) is 3. The van der Waals surface area contributed by atoms with Gasteiger partial charge in [-0.05, 0) is 56.2 Å². The Labute approximate surface area is 192 Å². The zero-order valence-electron chi connectivity index (χ0n) is 18.8. The highest BCUT2D eigenvalue weighted by atomic mass is 32.1. The van der Waals surface area contributed by atoms with Crippen LogP contribution in [0.3, 0.4) is 0 Å². The van der Waals surface area contributed by atoms with Gasteiger partial charge in [0.25, 0.3) is 0 Å². The number of thiazole rings is 1. The highest BCUT2D eigenvalue weighted by Crippen LogP contribution is 2.24. The lowest BCUT2D eigenvalue weighted by Gasteiger charge is -2.33. The van der Waals surface area contributed by atoms with E-state index in [2.05, 4.69) is 34.2 Å². The van der Waals surface area contributed by atoms with Gasteiger partial charge >= 0.3 is 0 Å². The lowest BCUT2D eigenvalue weighted by molar-refractivity contribution is -0.117. The molecule has 4 rings (SSSR count). The van der Waals surface area contributed by atoms with Gasteiger partial charge in [0.1, 0.15) is 10.8 Å². The fourth-order valence-electron chi connectivity index (χ4n) is 4.19. The minimum atomic E-state index is -0.236. The Morgan fingerprint density at radius 3 is 2.31 bits per heavy atom. The van der Waals surface area contributed by atoms with Crippen LogP contribution in [0.1, 0.15) is 21.7 Å². The zero-order chi connectivity index (χ0) is 22.7. The third-order valence-electron chi connectivity index (χ3n) is 5.82. The Morgan fingerprint density at radius 2 is 1.66 bits per heavy atom. The van der Waals surface area contributed by atoms with Crippen molar-refractivity contribution in [1.82, 2.24) is 14.8 Å². The summed E-state index contributed by atoms with van der Waals surface area (Å²) in [6.45, 7) is 10.9. The highest BCUT2D eigenvalue weighted by molar-refractivity contribution is 7.09. The van der Waals surface area contributed by atoms with Crippen molar-refractivity contribution in [2.24, 2.45) is 0 Å². The second-order valence-corrected chi connectivity index (χ2v) is 9.45. The topological polar surface area (TPSA) is 48.5 Å². The van der Waals surface area contributed by atoms with Gasteiger partial charge in [-0.25, -0.2) is 9.37 Å². The van der Waals surface area contributed by atoms with E-state index < -0.39 is 0 Å². The zero-order valence-corrected chi connectivity index (χ0v) is 19.6. The molecule has 1 fully saturated rings. The molecule has 7 heteroatoms. The van der Waals surface area contributed by atoms with Crippen LogP contribution in [0, 0.1) is 26.6 Å². The number of rotatable bonds is 6. The summed E-state index contributed by atoms with van der Waals surface area (Å²) in [7, 11) is 0. The van der Waals surface area contributed by atoms with Gasteiger partial charge in [-0.2, -0.15) is 0 Å². The second kappa shape index (κ2) is 9.90. The molecular weight excluding hydrogens is 423 g/mol. The van der Waals surface area contributed by atoms with Crippen molar-refractivity contribution in [3.63, 3.8) is 0 Å². The fraction of sp³-hybridized carbons (Fsp3) is 0.360. The number of nitrogens with one attached hydrogen (secondary N) is 1. The number of amides is 1. The van der Waals surface area contributed by atoms with Crippen LogP contribution in [0.4, 0.5) is 10.1 Å². The van der Waals surface area contributed by atoms with Gasteiger partial charge in [0.15, 0.2) is 0 Å². The third kappa shape index (κ3) is 5.59. The van der Waals surface area contributed by atoms with Crippen LogP contribution >= 0.6 is 11.3 Å². The van der Waals surface area contributed by atoms with Crippen molar-refractivity contribution < 1.29 is 9.18 Å². The molecule has 2 aromatic carbocycles. The molecular formula is C25H29FN4OS. The molecule has 1 saturated heterocycles. The Kier molecular flexibility index (Phi) is 6.98. The SMILES string of the molecule is Cc1cc(C)c(NC(=O)CN2CCN(Cc3nc(-c4ccc(F)cc4)cs3)CC2)c(C)c1. The molecule has 1 aliphatic heterocycles. The van der Waals surface area contributed by atoms with Crippen LogP contribution in [0.5, 0.6) is 0 Å². The number of benzene rings is 2. The summed E-state index contributed by atoms with van der Waals surface area (Å²) in [6, 6.07) is 10.6. The lowest BCUT2D eigenvalue weighted by Crippen LogP contribution is -2.48. The first kappa shape index (κ1) is 22.6. The van der Waals surface area contributed by atoms with Crippen molar-refractivity contribution in [1.29, 1.82) is 0 Å². The minimum absolute atomic E-state index is 0.0392. The standard InChI is InChI=1S/C25H29FN4OS/c1-17-12-18(2)25(19(3)13-17)28-23(31)14-29-8-10-30(11-9-29)15-24-27-22(16-32-24)20-4-6-21(26)7-5-20/h4-7,12-13,16H,8-11,14-15H2,1-3H3,(H,28,31). The van der Waals surface area contributed by atoms with Gasteiger partial charge in [-0.15, -0.1) is 11.3 Å². The van der Waals surface area contributed by atoms with Gasteiger partial charge < -0.3 is 5.32 Å².